The summed E-state index contributed by atoms with van der Waals surface area (Å²) < 4.78 is 22.2. The van der Waals surface area contributed by atoms with Crippen LogP contribution >= 0.6 is 0 Å². The first-order chi connectivity index (χ1) is 13.7. The van der Waals surface area contributed by atoms with Gasteiger partial charge < -0.3 is 24.3 Å². The van der Waals surface area contributed by atoms with Crippen LogP contribution in [0.5, 0.6) is 23.0 Å². The van der Waals surface area contributed by atoms with Gasteiger partial charge in [0.05, 0.1) is 34.5 Å². The third-order valence-corrected chi connectivity index (χ3v) is 5.15. The second-order valence-electron chi connectivity index (χ2n) is 6.78. The number of hydrogen-bond donors (Lipinski definition) is 1. The maximum Gasteiger partial charge on any atom is 0.203 e. The van der Waals surface area contributed by atoms with E-state index in [1.807, 2.05) is 24.3 Å². The average molecular weight is 386 g/mol. The molecule has 1 unspecified atom stereocenters. The summed E-state index contributed by atoms with van der Waals surface area (Å²) in [5.41, 5.74) is 2.28. The predicted octanol–water partition coefficient (Wildman–Crippen LogP) is 3.11. The van der Waals surface area contributed by atoms with E-state index < -0.39 is 0 Å². The molecule has 2 aromatic carbocycles. The quantitative estimate of drug-likeness (QED) is 0.789. The maximum atomic E-state index is 5.60. The van der Waals surface area contributed by atoms with Crippen molar-refractivity contribution < 1.29 is 18.9 Å². The van der Waals surface area contributed by atoms with Gasteiger partial charge in [-0.15, -0.1) is 0 Å². The fourth-order valence-electron chi connectivity index (χ4n) is 3.81. The molecule has 6 nitrogen and oxygen atoms in total. The minimum atomic E-state index is 0.0590. The zero-order valence-corrected chi connectivity index (χ0v) is 17.2. The average Bonchev–Trinajstić information content (AvgIpc) is 3.02. The molecular weight excluding hydrogens is 356 g/mol. The Balaban J connectivity index is 2.12. The van der Waals surface area contributed by atoms with E-state index in [-0.39, 0.29) is 6.04 Å². The van der Waals surface area contributed by atoms with Crippen LogP contribution in [0, 0.1) is 0 Å². The number of benzene rings is 2. The van der Waals surface area contributed by atoms with Gasteiger partial charge in [0.25, 0.3) is 0 Å². The van der Waals surface area contributed by atoms with Crippen molar-refractivity contribution >= 4 is 0 Å². The minimum Gasteiger partial charge on any atom is -0.497 e. The van der Waals surface area contributed by atoms with Gasteiger partial charge in [-0.2, -0.15) is 0 Å². The Kier molecular flexibility index (Phi) is 7.01. The van der Waals surface area contributed by atoms with Crippen LogP contribution in [-0.4, -0.2) is 59.5 Å². The van der Waals surface area contributed by atoms with Crippen molar-refractivity contribution in [2.24, 2.45) is 0 Å². The summed E-state index contributed by atoms with van der Waals surface area (Å²) in [6.07, 6.45) is 1.10. The topological polar surface area (TPSA) is 52.2 Å². The van der Waals surface area contributed by atoms with Crippen molar-refractivity contribution in [3.63, 3.8) is 0 Å². The number of hydrogen-bond acceptors (Lipinski definition) is 6. The van der Waals surface area contributed by atoms with Gasteiger partial charge in [0, 0.05) is 19.6 Å². The summed E-state index contributed by atoms with van der Waals surface area (Å²) in [5, 5.41) is 3.49. The molecule has 0 radical (unpaired) electrons. The molecule has 0 amide bonds. The van der Waals surface area contributed by atoms with Crippen molar-refractivity contribution in [1.82, 2.24) is 10.2 Å². The predicted molar refractivity (Wildman–Crippen MR) is 110 cm³/mol. The van der Waals surface area contributed by atoms with Crippen LogP contribution in [0.25, 0.3) is 0 Å². The lowest BCUT2D eigenvalue weighted by atomic mass is 9.95. The van der Waals surface area contributed by atoms with E-state index in [1.165, 1.54) is 5.56 Å². The molecule has 6 heteroatoms. The van der Waals surface area contributed by atoms with Gasteiger partial charge in [-0.1, -0.05) is 12.1 Å². The van der Waals surface area contributed by atoms with Crippen LogP contribution in [0.15, 0.2) is 36.4 Å². The Labute approximate surface area is 167 Å². The van der Waals surface area contributed by atoms with Gasteiger partial charge in [-0.3, -0.25) is 4.90 Å². The standard InChI is InChI=1S/C22H30N2O4/c1-25-18-8-5-7-16(13-18)21(24-11-6-9-23-10-12-24)17-14-19(26-2)22(28-4)20(15-17)27-3/h5,7-8,13-15,21,23H,6,9-12H2,1-4H3. The molecule has 3 rings (SSSR count). The van der Waals surface area contributed by atoms with Gasteiger partial charge in [0.1, 0.15) is 5.75 Å². The first-order valence-corrected chi connectivity index (χ1v) is 9.60. The monoisotopic (exact) mass is 386 g/mol. The molecule has 28 heavy (non-hydrogen) atoms. The molecule has 0 bridgehead atoms. The second kappa shape index (κ2) is 9.66. The SMILES string of the molecule is COc1cccc(C(c2cc(OC)c(OC)c(OC)c2)N2CCCNCC2)c1. The van der Waals surface area contributed by atoms with Crippen LogP contribution in [0.1, 0.15) is 23.6 Å². The van der Waals surface area contributed by atoms with Crippen LogP contribution < -0.4 is 24.3 Å². The lowest BCUT2D eigenvalue weighted by Gasteiger charge is -2.32. The fourth-order valence-corrected chi connectivity index (χ4v) is 3.81. The number of rotatable bonds is 7. The van der Waals surface area contributed by atoms with Crippen molar-refractivity contribution in [3.05, 3.63) is 47.5 Å². The normalized spacial score (nSPS) is 16.1. The van der Waals surface area contributed by atoms with Gasteiger partial charge in [-0.25, -0.2) is 0 Å². The molecule has 1 saturated heterocycles. The Morgan fingerprint density at radius 2 is 1.57 bits per heavy atom. The molecule has 1 N–H and O–H groups in total. The van der Waals surface area contributed by atoms with Gasteiger partial charge >= 0.3 is 0 Å². The molecule has 0 aromatic heterocycles. The molecule has 1 atom stereocenters. The highest BCUT2D eigenvalue weighted by Crippen LogP contribution is 2.42. The van der Waals surface area contributed by atoms with E-state index in [0.717, 1.165) is 43.9 Å². The molecule has 1 aliphatic rings. The Hall–Kier alpha value is -2.44. The molecule has 1 heterocycles. The molecule has 1 fully saturated rings. The second-order valence-corrected chi connectivity index (χ2v) is 6.78. The third kappa shape index (κ3) is 4.34. The summed E-state index contributed by atoms with van der Waals surface area (Å²) in [6, 6.07) is 12.4. The van der Waals surface area contributed by atoms with Crippen molar-refractivity contribution in [1.29, 1.82) is 0 Å². The van der Waals surface area contributed by atoms with E-state index in [0.29, 0.717) is 17.2 Å². The lowest BCUT2D eigenvalue weighted by molar-refractivity contribution is 0.239. The van der Waals surface area contributed by atoms with E-state index in [4.69, 9.17) is 18.9 Å². The first-order valence-electron chi connectivity index (χ1n) is 9.60. The summed E-state index contributed by atoms with van der Waals surface area (Å²) in [4.78, 5) is 2.50. The molecule has 152 valence electrons. The highest BCUT2D eigenvalue weighted by molar-refractivity contribution is 5.55. The molecule has 1 aliphatic heterocycles. The zero-order valence-electron chi connectivity index (χ0n) is 17.2. The number of nitrogens with zero attached hydrogens (tertiary/aromatic N) is 1. The third-order valence-electron chi connectivity index (χ3n) is 5.15. The van der Waals surface area contributed by atoms with Gasteiger partial charge in [0.15, 0.2) is 11.5 Å². The largest absolute Gasteiger partial charge is 0.497 e. The first kappa shape index (κ1) is 20.3. The lowest BCUT2D eigenvalue weighted by Crippen LogP contribution is -2.33. The van der Waals surface area contributed by atoms with E-state index >= 15 is 0 Å². The molecule has 0 saturated carbocycles. The Bertz CT molecular complexity index is 748. The number of methoxy groups -OCH3 is 4. The van der Waals surface area contributed by atoms with Gasteiger partial charge in [0.2, 0.25) is 5.75 Å². The summed E-state index contributed by atoms with van der Waals surface area (Å²) >= 11 is 0. The van der Waals surface area contributed by atoms with Crippen molar-refractivity contribution in [2.45, 2.75) is 12.5 Å². The summed E-state index contributed by atoms with van der Waals surface area (Å²) in [6.45, 7) is 3.96. The number of nitrogens with one attached hydrogen (secondary N) is 1. The van der Waals surface area contributed by atoms with E-state index in [2.05, 4.69) is 22.3 Å². The highest BCUT2D eigenvalue weighted by atomic mass is 16.5. The fraction of sp³-hybridized carbons (Fsp3) is 0.455. The van der Waals surface area contributed by atoms with Crippen LogP contribution in [-0.2, 0) is 0 Å². The van der Waals surface area contributed by atoms with Crippen LogP contribution in [0.4, 0.5) is 0 Å². The van der Waals surface area contributed by atoms with E-state index in [9.17, 15) is 0 Å². The zero-order chi connectivity index (χ0) is 19.9. The Morgan fingerprint density at radius 3 is 2.21 bits per heavy atom. The molecule has 0 spiro atoms. The van der Waals surface area contributed by atoms with Crippen molar-refractivity contribution in [3.8, 4) is 23.0 Å². The summed E-state index contributed by atoms with van der Waals surface area (Å²) in [7, 11) is 6.62. The Morgan fingerprint density at radius 1 is 0.821 bits per heavy atom. The molecule has 0 aliphatic carbocycles. The summed E-state index contributed by atoms with van der Waals surface area (Å²) in [5.74, 6) is 2.79. The van der Waals surface area contributed by atoms with E-state index in [1.54, 1.807) is 28.4 Å². The van der Waals surface area contributed by atoms with Crippen LogP contribution in [0.3, 0.4) is 0 Å². The highest BCUT2D eigenvalue weighted by Gasteiger charge is 2.26. The molecule has 2 aromatic rings. The maximum absolute atomic E-state index is 5.60. The van der Waals surface area contributed by atoms with Crippen LogP contribution in [0.2, 0.25) is 0 Å². The molecular formula is C22H30N2O4. The minimum absolute atomic E-state index is 0.0590. The van der Waals surface area contributed by atoms with Crippen molar-refractivity contribution in [2.75, 3.05) is 54.6 Å². The smallest absolute Gasteiger partial charge is 0.203 e. The number of ether oxygens (including phenoxy) is 4. The van der Waals surface area contributed by atoms with Gasteiger partial charge in [-0.05, 0) is 48.4 Å².